The van der Waals surface area contributed by atoms with E-state index in [2.05, 4.69) is 0 Å². The van der Waals surface area contributed by atoms with E-state index in [9.17, 15) is 9.59 Å². The number of thioether (sulfide) groups is 1. The predicted molar refractivity (Wildman–Crippen MR) is 85.1 cm³/mol. The van der Waals surface area contributed by atoms with Crippen molar-refractivity contribution in [3.63, 3.8) is 0 Å². The molecule has 2 rings (SSSR count). The van der Waals surface area contributed by atoms with E-state index in [4.69, 9.17) is 22.1 Å². The Balaban J connectivity index is 2.25. The Hall–Kier alpha value is -1.86. The maximum absolute atomic E-state index is 12.3. The fourth-order valence-corrected chi connectivity index (χ4v) is 3.19. The monoisotopic (exact) mass is 323 g/mol. The average Bonchev–Trinajstić information content (AvgIpc) is 2.73. The minimum Gasteiger partial charge on any atom is -0.497 e. The highest BCUT2D eigenvalue weighted by atomic mass is 32.2. The van der Waals surface area contributed by atoms with Crippen LogP contribution in [0.15, 0.2) is 29.2 Å². The first-order valence-corrected chi connectivity index (χ1v) is 7.30. The maximum atomic E-state index is 12.3. The lowest BCUT2D eigenvalue weighted by Crippen LogP contribution is -2.41. The summed E-state index contributed by atoms with van der Waals surface area (Å²) in [4.78, 5) is 24.8. The number of hydrogen-bond acceptors (Lipinski definition) is 5. The summed E-state index contributed by atoms with van der Waals surface area (Å²) in [6, 6.07) is 6.22. The molecule has 5 nitrogen and oxygen atoms in total. The Bertz CT molecular complexity index is 624. The summed E-state index contributed by atoms with van der Waals surface area (Å²) in [5.41, 5.74) is 0.819. The second kappa shape index (κ2) is 6.28. The Morgan fingerprint density at radius 3 is 2.57 bits per heavy atom. The van der Waals surface area contributed by atoms with Crippen LogP contribution in [0.2, 0.25) is 0 Å². The molecule has 0 aromatic heterocycles. The number of methoxy groups -OCH3 is 1. The summed E-state index contributed by atoms with van der Waals surface area (Å²) in [5.74, 6) is -0.744. The first-order chi connectivity index (χ1) is 9.93. The van der Waals surface area contributed by atoms with Crippen molar-refractivity contribution in [2.24, 2.45) is 0 Å². The van der Waals surface area contributed by atoms with Crippen LogP contribution in [0.3, 0.4) is 0 Å². The number of benzene rings is 1. The lowest BCUT2D eigenvalue weighted by molar-refractivity contribution is -0.144. The topological polar surface area (TPSA) is 66.8 Å². The number of carbonyl (C=O) groups excluding carboxylic acids is 1. The van der Waals surface area contributed by atoms with Gasteiger partial charge in [-0.1, -0.05) is 36.1 Å². The van der Waals surface area contributed by atoms with Gasteiger partial charge in [-0.15, -0.1) is 0 Å². The molecule has 0 spiro atoms. The number of rotatable bonds is 4. The first kappa shape index (κ1) is 15.5. The number of carboxylic acids is 1. The summed E-state index contributed by atoms with van der Waals surface area (Å²) in [6.07, 6.45) is 1.69. The third-order valence-corrected chi connectivity index (χ3v) is 4.31. The molecular formula is C14H13NO4S2. The van der Waals surface area contributed by atoms with Crippen LogP contribution in [0, 0.1) is 0 Å². The number of amides is 1. The quantitative estimate of drug-likeness (QED) is 0.678. The van der Waals surface area contributed by atoms with Crippen molar-refractivity contribution in [2.45, 2.75) is 13.0 Å². The molecule has 0 radical (unpaired) electrons. The molecule has 1 saturated heterocycles. The number of aliphatic carboxylic acids is 1. The Labute approximate surface area is 131 Å². The molecule has 21 heavy (non-hydrogen) atoms. The smallest absolute Gasteiger partial charge is 0.326 e. The van der Waals surface area contributed by atoms with Crippen molar-refractivity contribution in [3.05, 3.63) is 34.7 Å². The lowest BCUT2D eigenvalue weighted by atomic mass is 10.2. The van der Waals surface area contributed by atoms with E-state index in [1.807, 2.05) is 12.1 Å². The summed E-state index contributed by atoms with van der Waals surface area (Å²) >= 11 is 6.20. The summed E-state index contributed by atoms with van der Waals surface area (Å²) in [6.45, 7) is 1.43. The van der Waals surface area contributed by atoms with Gasteiger partial charge in [0.2, 0.25) is 0 Å². The van der Waals surface area contributed by atoms with Crippen LogP contribution in [0.5, 0.6) is 5.75 Å². The maximum Gasteiger partial charge on any atom is 0.326 e. The molecule has 0 aliphatic carbocycles. The van der Waals surface area contributed by atoms with Crippen molar-refractivity contribution in [1.82, 2.24) is 4.90 Å². The molecule has 0 bridgehead atoms. The van der Waals surface area contributed by atoms with Crippen LogP contribution in [-0.4, -0.2) is 39.4 Å². The standard InChI is InChI=1S/C14H13NO4S2/c1-8(13(17)18)15-12(16)11(21-14(15)20)7-9-3-5-10(19-2)6-4-9/h3-8H,1-2H3,(H,17,18)/b11-7-/t8-/m0/s1. The number of ether oxygens (including phenoxy) is 1. The van der Waals surface area contributed by atoms with Gasteiger partial charge in [0.05, 0.1) is 12.0 Å². The molecule has 1 aromatic carbocycles. The lowest BCUT2D eigenvalue weighted by Gasteiger charge is -2.18. The number of thiocarbonyl (C=S) groups is 1. The Morgan fingerprint density at radius 1 is 1.43 bits per heavy atom. The summed E-state index contributed by atoms with van der Waals surface area (Å²) < 4.78 is 5.32. The van der Waals surface area contributed by atoms with Gasteiger partial charge >= 0.3 is 5.97 Å². The highest BCUT2D eigenvalue weighted by molar-refractivity contribution is 8.26. The van der Waals surface area contributed by atoms with E-state index in [1.165, 1.54) is 6.92 Å². The molecule has 110 valence electrons. The van der Waals surface area contributed by atoms with Crippen LogP contribution in [0.1, 0.15) is 12.5 Å². The van der Waals surface area contributed by atoms with Crippen LogP contribution >= 0.6 is 24.0 Å². The zero-order valence-electron chi connectivity index (χ0n) is 11.4. The third-order valence-electron chi connectivity index (χ3n) is 2.98. The van der Waals surface area contributed by atoms with Crippen molar-refractivity contribution in [3.8, 4) is 5.75 Å². The van der Waals surface area contributed by atoms with Crippen molar-refractivity contribution in [1.29, 1.82) is 0 Å². The minimum absolute atomic E-state index is 0.259. The van der Waals surface area contributed by atoms with E-state index in [1.54, 1.807) is 25.3 Å². The van der Waals surface area contributed by atoms with Gasteiger partial charge in [0, 0.05) is 0 Å². The van der Waals surface area contributed by atoms with E-state index in [0.29, 0.717) is 4.91 Å². The largest absolute Gasteiger partial charge is 0.497 e. The number of hydrogen-bond donors (Lipinski definition) is 1. The Morgan fingerprint density at radius 2 is 2.05 bits per heavy atom. The Kier molecular flexibility index (Phi) is 4.64. The van der Waals surface area contributed by atoms with Crippen molar-refractivity contribution < 1.29 is 19.4 Å². The molecule has 1 aliphatic rings. The molecular weight excluding hydrogens is 310 g/mol. The third kappa shape index (κ3) is 3.25. The summed E-state index contributed by atoms with van der Waals surface area (Å²) in [7, 11) is 1.58. The number of nitrogens with zero attached hydrogens (tertiary/aromatic N) is 1. The number of carboxylic acid groups (broad SMARTS) is 1. The molecule has 1 amide bonds. The normalized spacial score (nSPS) is 18.2. The SMILES string of the molecule is COc1ccc(/C=C2\SC(=S)N([C@@H](C)C(=O)O)C2=O)cc1. The fraction of sp³-hybridized carbons (Fsp3) is 0.214. The van der Waals surface area contributed by atoms with E-state index in [-0.39, 0.29) is 10.2 Å². The van der Waals surface area contributed by atoms with Crippen LogP contribution < -0.4 is 4.74 Å². The molecule has 1 atom stereocenters. The second-order valence-electron chi connectivity index (χ2n) is 4.34. The van der Waals surface area contributed by atoms with Crippen LogP contribution in [0.4, 0.5) is 0 Å². The van der Waals surface area contributed by atoms with Crippen molar-refractivity contribution in [2.75, 3.05) is 7.11 Å². The number of carbonyl (C=O) groups is 2. The van der Waals surface area contributed by atoms with Gasteiger partial charge in [-0.05, 0) is 30.7 Å². The molecule has 1 aliphatic heterocycles. The molecule has 1 fully saturated rings. The zero-order chi connectivity index (χ0) is 15.6. The summed E-state index contributed by atoms with van der Waals surface area (Å²) in [5, 5.41) is 9.02. The highest BCUT2D eigenvalue weighted by Crippen LogP contribution is 2.34. The van der Waals surface area contributed by atoms with Crippen LogP contribution in [-0.2, 0) is 9.59 Å². The molecule has 0 unspecified atom stereocenters. The van der Waals surface area contributed by atoms with Crippen molar-refractivity contribution >= 4 is 46.3 Å². The van der Waals surface area contributed by atoms with E-state index in [0.717, 1.165) is 28.0 Å². The van der Waals surface area contributed by atoms with Gasteiger partial charge in [-0.3, -0.25) is 9.69 Å². The van der Waals surface area contributed by atoms with Gasteiger partial charge < -0.3 is 9.84 Å². The van der Waals surface area contributed by atoms with Gasteiger partial charge in [0.1, 0.15) is 16.1 Å². The molecule has 1 aromatic rings. The minimum atomic E-state index is -1.09. The fourth-order valence-electron chi connectivity index (χ4n) is 1.78. The second-order valence-corrected chi connectivity index (χ2v) is 6.01. The van der Waals surface area contributed by atoms with Gasteiger partial charge in [0.15, 0.2) is 0 Å². The van der Waals surface area contributed by atoms with Gasteiger partial charge in [0.25, 0.3) is 5.91 Å². The molecule has 1 heterocycles. The molecule has 0 saturated carbocycles. The van der Waals surface area contributed by atoms with Gasteiger partial charge in [-0.2, -0.15) is 0 Å². The van der Waals surface area contributed by atoms with E-state index >= 15 is 0 Å². The van der Waals surface area contributed by atoms with E-state index < -0.39 is 12.0 Å². The molecule has 1 N–H and O–H groups in total. The highest BCUT2D eigenvalue weighted by Gasteiger charge is 2.38. The average molecular weight is 323 g/mol. The zero-order valence-corrected chi connectivity index (χ0v) is 13.0. The first-order valence-electron chi connectivity index (χ1n) is 6.08. The molecule has 7 heteroatoms. The predicted octanol–water partition coefficient (Wildman–Crippen LogP) is 2.37. The van der Waals surface area contributed by atoms with Gasteiger partial charge in [-0.25, -0.2) is 4.79 Å². The van der Waals surface area contributed by atoms with Crippen LogP contribution in [0.25, 0.3) is 6.08 Å².